The highest BCUT2D eigenvalue weighted by atomic mass is 16.5. The number of ether oxygens (including phenoxy) is 1. The second-order valence-corrected chi connectivity index (χ2v) is 3.77. The van der Waals surface area contributed by atoms with Crippen LogP contribution < -0.4 is 0 Å². The Balaban J connectivity index is 2.05. The minimum Gasteiger partial charge on any atom is -0.384 e. The van der Waals surface area contributed by atoms with Crippen LogP contribution in [0.15, 0.2) is 6.20 Å². The number of hydrogen-bond donors (Lipinski definition) is 1. The van der Waals surface area contributed by atoms with Crippen LogP contribution in [0.25, 0.3) is 0 Å². The molecule has 0 bridgehead atoms. The van der Waals surface area contributed by atoms with Crippen molar-refractivity contribution in [3.63, 3.8) is 0 Å². The average Bonchev–Trinajstić information content (AvgIpc) is 2.73. The third-order valence-corrected chi connectivity index (χ3v) is 2.54. The van der Waals surface area contributed by atoms with E-state index in [1.807, 2.05) is 6.92 Å². The lowest BCUT2D eigenvalue weighted by atomic mass is 10.1. The monoisotopic (exact) mass is 197 g/mol. The van der Waals surface area contributed by atoms with Gasteiger partial charge < -0.3 is 9.84 Å². The normalized spacial score (nSPS) is 29.4. The molecule has 1 aliphatic heterocycles. The Morgan fingerprint density at radius 2 is 2.43 bits per heavy atom. The number of rotatable bonds is 2. The van der Waals surface area contributed by atoms with E-state index in [1.165, 1.54) is 4.80 Å². The summed E-state index contributed by atoms with van der Waals surface area (Å²) in [5.41, 5.74) is 0.589. The third kappa shape index (κ3) is 1.78. The highest BCUT2D eigenvalue weighted by Gasteiger charge is 2.30. The van der Waals surface area contributed by atoms with Crippen LogP contribution in [0.3, 0.4) is 0 Å². The molecule has 1 aliphatic rings. The first-order valence-electron chi connectivity index (χ1n) is 4.86. The molecule has 1 saturated heterocycles. The lowest BCUT2D eigenvalue weighted by molar-refractivity contribution is -0.0316. The molecule has 1 aromatic heterocycles. The summed E-state index contributed by atoms with van der Waals surface area (Å²) in [7, 11) is 1.73. The number of aryl methyl sites for hydroxylation is 1. The summed E-state index contributed by atoms with van der Waals surface area (Å²) < 4.78 is 5.56. The molecule has 78 valence electrons. The van der Waals surface area contributed by atoms with E-state index >= 15 is 0 Å². The van der Waals surface area contributed by atoms with Gasteiger partial charge in [-0.1, -0.05) is 0 Å². The molecule has 0 amide bonds. The van der Waals surface area contributed by atoms with Gasteiger partial charge in [0.1, 0.15) is 11.8 Å². The number of aliphatic hydroxyl groups is 1. The maximum atomic E-state index is 9.91. The zero-order valence-corrected chi connectivity index (χ0v) is 8.42. The Hall–Kier alpha value is -0.940. The second-order valence-electron chi connectivity index (χ2n) is 3.77. The van der Waals surface area contributed by atoms with Gasteiger partial charge in [0.15, 0.2) is 0 Å². The summed E-state index contributed by atoms with van der Waals surface area (Å²) in [6.45, 7) is 2.02. The Morgan fingerprint density at radius 3 is 2.93 bits per heavy atom. The van der Waals surface area contributed by atoms with Crippen molar-refractivity contribution in [3.05, 3.63) is 11.9 Å². The molecular weight excluding hydrogens is 182 g/mol. The SMILES string of the molecule is CC1CCC(C(O)c2cnn(C)n2)O1. The van der Waals surface area contributed by atoms with Crippen LogP contribution in [0.4, 0.5) is 0 Å². The smallest absolute Gasteiger partial charge is 0.125 e. The predicted molar refractivity (Wildman–Crippen MR) is 49.5 cm³/mol. The predicted octanol–water partition coefficient (Wildman–Crippen LogP) is 0.416. The Labute approximate surface area is 82.7 Å². The maximum absolute atomic E-state index is 9.91. The van der Waals surface area contributed by atoms with E-state index < -0.39 is 6.10 Å². The zero-order chi connectivity index (χ0) is 10.1. The van der Waals surface area contributed by atoms with Crippen LogP contribution in [0.1, 0.15) is 31.6 Å². The van der Waals surface area contributed by atoms with Crippen LogP contribution in [0.5, 0.6) is 0 Å². The zero-order valence-electron chi connectivity index (χ0n) is 8.42. The average molecular weight is 197 g/mol. The van der Waals surface area contributed by atoms with Crippen LogP contribution in [-0.2, 0) is 11.8 Å². The summed E-state index contributed by atoms with van der Waals surface area (Å²) >= 11 is 0. The summed E-state index contributed by atoms with van der Waals surface area (Å²) in [6, 6.07) is 0. The van der Waals surface area contributed by atoms with E-state index in [2.05, 4.69) is 10.2 Å². The topological polar surface area (TPSA) is 60.2 Å². The van der Waals surface area contributed by atoms with Crippen molar-refractivity contribution in [3.8, 4) is 0 Å². The molecule has 1 aromatic rings. The van der Waals surface area contributed by atoms with Crippen molar-refractivity contribution in [1.29, 1.82) is 0 Å². The number of hydrogen-bond acceptors (Lipinski definition) is 4. The molecule has 5 heteroatoms. The molecule has 0 spiro atoms. The van der Waals surface area contributed by atoms with Crippen molar-refractivity contribution in [2.24, 2.45) is 7.05 Å². The van der Waals surface area contributed by atoms with Gasteiger partial charge in [0.25, 0.3) is 0 Å². The van der Waals surface area contributed by atoms with Gasteiger partial charge in [0, 0.05) is 7.05 Å². The van der Waals surface area contributed by atoms with Crippen molar-refractivity contribution in [1.82, 2.24) is 15.0 Å². The van der Waals surface area contributed by atoms with Crippen molar-refractivity contribution >= 4 is 0 Å². The Morgan fingerprint density at radius 1 is 1.64 bits per heavy atom. The molecule has 0 radical (unpaired) electrons. The first-order chi connectivity index (χ1) is 6.66. The standard InChI is InChI=1S/C9H15N3O2/c1-6-3-4-8(14-6)9(13)7-5-10-12(2)11-7/h5-6,8-9,13H,3-4H2,1-2H3. The van der Waals surface area contributed by atoms with Crippen molar-refractivity contribution in [2.75, 3.05) is 0 Å². The first kappa shape index (κ1) is 9.61. The van der Waals surface area contributed by atoms with Crippen LogP contribution >= 0.6 is 0 Å². The third-order valence-electron chi connectivity index (χ3n) is 2.54. The van der Waals surface area contributed by atoms with Gasteiger partial charge in [-0.3, -0.25) is 0 Å². The van der Waals surface area contributed by atoms with Gasteiger partial charge in [-0.2, -0.15) is 15.0 Å². The van der Waals surface area contributed by atoms with E-state index in [-0.39, 0.29) is 12.2 Å². The molecule has 2 rings (SSSR count). The lowest BCUT2D eigenvalue weighted by Gasteiger charge is -2.15. The van der Waals surface area contributed by atoms with Crippen molar-refractivity contribution in [2.45, 2.75) is 38.1 Å². The van der Waals surface area contributed by atoms with E-state index in [4.69, 9.17) is 4.74 Å². The van der Waals surface area contributed by atoms with Crippen LogP contribution in [0.2, 0.25) is 0 Å². The molecule has 1 N–H and O–H groups in total. The van der Waals surface area contributed by atoms with E-state index in [0.29, 0.717) is 5.69 Å². The molecule has 1 fully saturated rings. The Bertz CT molecular complexity index is 313. The molecule has 2 heterocycles. The van der Waals surface area contributed by atoms with Crippen LogP contribution in [-0.4, -0.2) is 32.3 Å². The molecule has 0 aromatic carbocycles. The maximum Gasteiger partial charge on any atom is 0.125 e. The molecule has 14 heavy (non-hydrogen) atoms. The highest BCUT2D eigenvalue weighted by molar-refractivity contribution is 5.00. The molecular formula is C9H15N3O2. The van der Waals surface area contributed by atoms with E-state index in [0.717, 1.165) is 12.8 Å². The number of nitrogens with zero attached hydrogens (tertiary/aromatic N) is 3. The van der Waals surface area contributed by atoms with Gasteiger partial charge in [0.05, 0.1) is 18.4 Å². The molecule has 0 saturated carbocycles. The number of aliphatic hydroxyl groups excluding tert-OH is 1. The molecule has 0 aliphatic carbocycles. The summed E-state index contributed by atoms with van der Waals surface area (Å²) in [4.78, 5) is 1.44. The van der Waals surface area contributed by atoms with Gasteiger partial charge in [-0.25, -0.2) is 0 Å². The minimum atomic E-state index is -0.645. The Kier molecular flexibility index (Phi) is 2.52. The van der Waals surface area contributed by atoms with E-state index in [9.17, 15) is 5.11 Å². The fourth-order valence-corrected chi connectivity index (χ4v) is 1.75. The summed E-state index contributed by atoms with van der Waals surface area (Å²) in [5.74, 6) is 0. The quantitative estimate of drug-likeness (QED) is 0.746. The fourth-order valence-electron chi connectivity index (χ4n) is 1.75. The van der Waals surface area contributed by atoms with Crippen LogP contribution in [0, 0.1) is 0 Å². The lowest BCUT2D eigenvalue weighted by Crippen LogP contribution is -2.19. The molecule has 5 nitrogen and oxygen atoms in total. The van der Waals surface area contributed by atoms with Gasteiger partial charge in [0.2, 0.25) is 0 Å². The summed E-state index contributed by atoms with van der Waals surface area (Å²) in [5, 5.41) is 17.9. The first-order valence-corrected chi connectivity index (χ1v) is 4.86. The fraction of sp³-hybridized carbons (Fsp3) is 0.778. The minimum absolute atomic E-state index is 0.123. The van der Waals surface area contributed by atoms with Gasteiger partial charge in [-0.05, 0) is 19.8 Å². The summed E-state index contributed by atoms with van der Waals surface area (Å²) in [6.07, 6.45) is 2.94. The van der Waals surface area contributed by atoms with E-state index in [1.54, 1.807) is 13.2 Å². The second kappa shape index (κ2) is 3.67. The van der Waals surface area contributed by atoms with Gasteiger partial charge >= 0.3 is 0 Å². The molecule has 3 atom stereocenters. The molecule has 3 unspecified atom stereocenters. The van der Waals surface area contributed by atoms with Gasteiger partial charge in [-0.15, -0.1) is 0 Å². The number of aromatic nitrogens is 3. The highest BCUT2D eigenvalue weighted by Crippen LogP contribution is 2.28. The largest absolute Gasteiger partial charge is 0.384 e. The van der Waals surface area contributed by atoms with Crippen molar-refractivity contribution < 1.29 is 9.84 Å².